The molecule has 78 valence electrons. The molecule has 0 bridgehead atoms. The Balaban J connectivity index is 1.94. The molecule has 1 atom stereocenters. The molecule has 0 spiro atoms. The number of piperidine rings is 1. The van der Waals surface area contributed by atoms with Gasteiger partial charge in [-0.25, -0.2) is 4.98 Å². The van der Waals surface area contributed by atoms with Gasteiger partial charge < -0.3 is 4.90 Å². The minimum atomic E-state index is 0.826. The molecule has 5 heteroatoms. The van der Waals surface area contributed by atoms with Gasteiger partial charge in [-0.3, -0.25) is 0 Å². The van der Waals surface area contributed by atoms with Crippen molar-refractivity contribution in [3.63, 3.8) is 0 Å². The van der Waals surface area contributed by atoms with Crippen LogP contribution in [0.4, 0.5) is 5.13 Å². The van der Waals surface area contributed by atoms with Gasteiger partial charge in [0.2, 0.25) is 5.13 Å². The van der Waals surface area contributed by atoms with Gasteiger partial charge in [0.25, 0.3) is 0 Å². The maximum absolute atomic E-state index is 4.26. The number of rotatable bonds is 3. The van der Waals surface area contributed by atoms with E-state index in [1.54, 1.807) is 6.33 Å². The quantitative estimate of drug-likeness (QED) is 0.794. The molecule has 0 aromatic carbocycles. The maximum Gasteiger partial charge on any atom is 0.204 e. The highest BCUT2D eigenvalue weighted by atomic mass is 79.9. The Labute approximate surface area is 96.8 Å². The second-order valence-corrected chi connectivity index (χ2v) is 5.21. The predicted molar refractivity (Wildman–Crippen MR) is 63.3 cm³/mol. The SMILES string of the molecule is BrCCC1CCCN(c2ncns2)C1. The van der Waals surface area contributed by atoms with Gasteiger partial charge in [0, 0.05) is 30.0 Å². The summed E-state index contributed by atoms with van der Waals surface area (Å²) in [6.07, 6.45) is 5.57. The summed E-state index contributed by atoms with van der Waals surface area (Å²) < 4.78 is 4.05. The number of hydrogen-bond acceptors (Lipinski definition) is 4. The van der Waals surface area contributed by atoms with Crippen molar-refractivity contribution < 1.29 is 0 Å². The lowest BCUT2D eigenvalue weighted by molar-refractivity contribution is 0.407. The predicted octanol–water partition coefficient (Wildman–Crippen LogP) is 2.54. The monoisotopic (exact) mass is 275 g/mol. The van der Waals surface area contributed by atoms with Crippen molar-refractivity contribution >= 4 is 32.6 Å². The fourth-order valence-corrected chi connectivity index (χ4v) is 3.15. The van der Waals surface area contributed by atoms with Gasteiger partial charge in [-0.15, -0.1) is 0 Å². The molecular formula is C9H14BrN3S. The molecule has 0 N–H and O–H groups in total. The van der Waals surface area contributed by atoms with Gasteiger partial charge in [0.15, 0.2) is 0 Å². The minimum absolute atomic E-state index is 0.826. The lowest BCUT2D eigenvalue weighted by atomic mass is 9.96. The molecule has 2 heterocycles. The molecule has 0 aliphatic carbocycles. The molecule has 2 rings (SSSR count). The Kier molecular flexibility index (Phi) is 3.75. The van der Waals surface area contributed by atoms with Crippen molar-refractivity contribution in [3.8, 4) is 0 Å². The van der Waals surface area contributed by atoms with Crippen molar-refractivity contribution in [2.75, 3.05) is 23.3 Å². The summed E-state index contributed by atoms with van der Waals surface area (Å²) in [6, 6.07) is 0. The summed E-state index contributed by atoms with van der Waals surface area (Å²) >= 11 is 5.01. The zero-order chi connectivity index (χ0) is 9.80. The fourth-order valence-electron chi connectivity index (χ4n) is 1.94. The van der Waals surface area contributed by atoms with Crippen LogP contribution in [0.25, 0.3) is 0 Å². The first-order chi connectivity index (χ1) is 6.90. The van der Waals surface area contributed by atoms with Crippen molar-refractivity contribution in [2.45, 2.75) is 19.3 Å². The lowest BCUT2D eigenvalue weighted by Gasteiger charge is -2.31. The molecule has 1 aromatic heterocycles. The van der Waals surface area contributed by atoms with Gasteiger partial charge in [-0.2, -0.15) is 4.37 Å². The standard InChI is InChI=1S/C9H14BrN3S/c10-4-3-8-2-1-5-13(6-8)9-11-7-12-14-9/h7-8H,1-6H2. The summed E-state index contributed by atoms with van der Waals surface area (Å²) in [4.78, 5) is 6.63. The van der Waals surface area contributed by atoms with Gasteiger partial charge >= 0.3 is 0 Å². The Morgan fingerprint density at radius 2 is 2.57 bits per heavy atom. The summed E-state index contributed by atoms with van der Waals surface area (Å²) in [5, 5.41) is 2.20. The molecule has 1 aliphatic rings. The molecule has 14 heavy (non-hydrogen) atoms. The molecule has 1 saturated heterocycles. The highest BCUT2D eigenvalue weighted by Crippen LogP contribution is 2.25. The van der Waals surface area contributed by atoms with Crippen LogP contribution >= 0.6 is 27.5 Å². The number of aromatic nitrogens is 2. The van der Waals surface area contributed by atoms with Gasteiger partial charge in [-0.1, -0.05) is 15.9 Å². The maximum atomic E-state index is 4.26. The van der Waals surface area contributed by atoms with E-state index < -0.39 is 0 Å². The van der Waals surface area contributed by atoms with Crippen LogP contribution in [0.1, 0.15) is 19.3 Å². The zero-order valence-corrected chi connectivity index (χ0v) is 10.4. The average Bonchev–Trinajstić information content (AvgIpc) is 2.71. The Morgan fingerprint density at radius 3 is 3.29 bits per heavy atom. The minimum Gasteiger partial charge on any atom is -0.347 e. The molecule has 1 unspecified atom stereocenters. The summed E-state index contributed by atoms with van der Waals surface area (Å²) in [7, 11) is 0. The number of alkyl halides is 1. The Morgan fingerprint density at radius 1 is 1.64 bits per heavy atom. The van der Waals surface area contributed by atoms with Crippen molar-refractivity contribution in [1.82, 2.24) is 9.36 Å². The van der Waals surface area contributed by atoms with E-state index >= 15 is 0 Å². The average molecular weight is 276 g/mol. The summed E-state index contributed by atoms with van der Waals surface area (Å²) in [5.74, 6) is 0.826. The van der Waals surface area contributed by atoms with E-state index in [0.717, 1.165) is 29.5 Å². The number of anilines is 1. The smallest absolute Gasteiger partial charge is 0.204 e. The van der Waals surface area contributed by atoms with E-state index in [1.165, 1.54) is 30.8 Å². The molecule has 3 nitrogen and oxygen atoms in total. The van der Waals surface area contributed by atoms with Crippen LogP contribution < -0.4 is 4.90 Å². The van der Waals surface area contributed by atoms with Crippen LogP contribution in [0.15, 0.2) is 6.33 Å². The van der Waals surface area contributed by atoms with Crippen molar-refractivity contribution in [1.29, 1.82) is 0 Å². The third-order valence-electron chi connectivity index (χ3n) is 2.66. The topological polar surface area (TPSA) is 29.0 Å². The number of nitrogens with zero attached hydrogens (tertiary/aromatic N) is 3. The zero-order valence-electron chi connectivity index (χ0n) is 8.03. The molecule has 1 aromatic rings. The van der Waals surface area contributed by atoms with Crippen LogP contribution in [0, 0.1) is 5.92 Å². The fraction of sp³-hybridized carbons (Fsp3) is 0.778. The van der Waals surface area contributed by atoms with E-state index in [9.17, 15) is 0 Å². The van der Waals surface area contributed by atoms with Crippen LogP contribution in [0.2, 0.25) is 0 Å². The third-order valence-corrected chi connectivity index (χ3v) is 3.84. The highest BCUT2D eigenvalue weighted by molar-refractivity contribution is 9.09. The van der Waals surface area contributed by atoms with Crippen LogP contribution in [-0.4, -0.2) is 27.8 Å². The molecule has 0 radical (unpaired) electrons. The molecule has 1 aliphatic heterocycles. The van der Waals surface area contributed by atoms with Gasteiger partial charge in [0.1, 0.15) is 6.33 Å². The second-order valence-electron chi connectivity index (χ2n) is 3.66. The summed E-state index contributed by atoms with van der Waals surface area (Å²) in [5.41, 5.74) is 0. The second kappa shape index (κ2) is 5.07. The van der Waals surface area contributed by atoms with Crippen LogP contribution in [-0.2, 0) is 0 Å². The van der Waals surface area contributed by atoms with Crippen molar-refractivity contribution in [2.24, 2.45) is 5.92 Å². The van der Waals surface area contributed by atoms with E-state index in [4.69, 9.17) is 0 Å². The van der Waals surface area contributed by atoms with Crippen LogP contribution in [0.5, 0.6) is 0 Å². The molecule has 1 fully saturated rings. The first kappa shape index (κ1) is 10.4. The van der Waals surface area contributed by atoms with E-state index in [1.807, 2.05) is 0 Å². The number of halogens is 1. The van der Waals surface area contributed by atoms with Crippen LogP contribution in [0.3, 0.4) is 0 Å². The molecule has 0 saturated carbocycles. The highest BCUT2D eigenvalue weighted by Gasteiger charge is 2.20. The van der Waals surface area contributed by atoms with Gasteiger partial charge in [0.05, 0.1) is 0 Å². The molecular weight excluding hydrogens is 262 g/mol. The Bertz CT molecular complexity index is 263. The molecule has 0 amide bonds. The van der Waals surface area contributed by atoms with E-state index in [-0.39, 0.29) is 0 Å². The largest absolute Gasteiger partial charge is 0.347 e. The first-order valence-electron chi connectivity index (χ1n) is 4.97. The Hall–Kier alpha value is -0.160. The van der Waals surface area contributed by atoms with E-state index in [0.29, 0.717) is 0 Å². The third kappa shape index (κ3) is 2.45. The summed E-state index contributed by atoms with van der Waals surface area (Å²) in [6.45, 7) is 2.30. The van der Waals surface area contributed by atoms with Crippen molar-refractivity contribution in [3.05, 3.63) is 6.33 Å². The lowest BCUT2D eigenvalue weighted by Crippen LogP contribution is -2.35. The number of hydrogen-bond donors (Lipinski definition) is 0. The van der Waals surface area contributed by atoms with E-state index in [2.05, 4.69) is 30.2 Å². The normalized spacial score (nSPS) is 22.6. The first-order valence-corrected chi connectivity index (χ1v) is 6.87. The van der Waals surface area contributed by atoms with Gasteiger partial charge in [-0.05, 0) is 25.2 Å².